The highest BCUT2D eigenvalue weighted by Gasteiger charge is 2.16. The van der Waals surface area contributed by atoms with Gasteiger partial charge in [-0.15, -0.1) is 0 Å². The first kappa shape index (κ1) is 15.8. The maximum absolute atomic E-state index is 13.1. The summed E-state index contributed by atoms with van der Waals surface area (Å²) in [5.74, 6) is -0.962. The summed E-state index contributed by atoms with van der Waals surface area (Å²) in [6, 6.07) is 1.11. The standard InChI is InChI=1S/C12H17FN4O3/c1-20-5-4-17(3-2-11(14)16-19)12(18)9-6-10(13)8-15-7-9/h6-8,19H,2-5H2,1H3,(H2,14,16). The molecular weight excluding hydrogens is 267 g/mol. The topological polar surface area (TPSA) is 101 Å². The van der Waals surface area contributed by atoms with Crippen LogP contribution in [-0.2, 0) is 4.74 Å². The molecule has 0 bridgehead atoms. The summed E-state index contributed by atoms with van der Waals surface area (Å²) >= 11 is 0. The van der Waals surface area contributed by atoms with Crippen molar-refractivity contribution in [3.8, 4) is 0 Å². The predicted molar refractivity (Wildman–Crippen MR) is 70.0 cm³/mol. The van der Waals surface area contributed by atoms with Crippen LogP contribution in [0, 0.1) is 5.82 Å². The first-order valence-electron chi connectivity index (χ1n) is 5.93. The van der Waals surface area contributed by atoms with E-state index in [9.17, 15) is 9.18 Å². The predicted octanol–water partition coefficient (Wildman–Crippen LogP) is 0.446. The van der Waals surface area contributed by atoms with Crippen LogP contribution in [-0.4, -0.2) is 53.6 Å². The van der Waals surface area contributed by atoms with Crippen LogP contribution in [0.2, 0.25) is 0 Å². The molecule has 0 aliphatic carbocycles. The van der Waals surface area contributed by atoms with Gasteiger partial charge in [0.1, 0.15) is 11.7 Å². The minimum atomic E-state index is -0.584. The number of hydrogen-bond acceptors (Lipinski definition) is 5. The largest absolute Gasteiger partial charge is 0.409 e. The third-order valence-electron chi connectivity index (χ3n) is 2.57. The summed E-state index contributed by atoms with van der Waals surface area (Å²) in [4.78, 5) is 17.3. The number of nitrogens with zero attached hydrogens (tertiary/aromatic N) is 3. The normalized spacial score (nSPS) is 11.4. The number of nitrogens with two attached hydrogens (primary N) is 1. The van der Waals surface area contributed by atoms with Crippen molar-refractivity contribution in [1.29, 1.82) is 0 Å². The maximum atomic E-state index is 13.1. The van der Waals surface area contributed by atoms with Gasteiger partial charge in [0.15, 0.2) is 0 Å². The lowest BCUT2D eigenvalue weighted by atomic mass is 10.2. The second-order valence-electron chi connectivity index (χ2n) is 4.02. The first-order chi connectivity index (χ1) is 9.58. The molecule has 0 atom stereocenters. The van der Waals surface area contributed by atoms with Crippen LogP contribution < -0.4 is 5.73 Å². The summed E-state index contributed by atoms with van der Waals surface area (Å²) in [5.41, 5.74) is 5.51. The van der Waals surface area contributed by atoms with E-state index >= 15 is 0 Å². The Labute approximate surface area is 115 Å². The molecule has 0 aliphatic heterocycles. The zero-order valence-corrected chi connectivity index (χ0v) is 11.1. The second kappa shape index (κ2) is 8.05. The molecule has 1 aromatic rings. The molecule has 110 valence electrons. The van der Waals surface area contributed by atoms with Crippen molar-refractivity contribution in [2.75, 3.05) is 26.8 Å². The van der Waals surface area contributed by atoms with Gasteiger partial charge in [-0.2, -0.15) is 0 Å². The van der Waals surface area contributed by atoms with E-state index in [1.807, 2.05) is 0 Å². The maximum Gasteiger partial charge on any atom is 0.255 e. The molecule has 1 rings (SSSR count). The lowest BCUT2D eigenvalue weighted by Crippen LogP contribution is -2.36. The Kier molecular flexibility index (Phi) is 6.38. The fourth-order valence-electron chi connectivity index (χ4n) is 1.53. The van der Waals surface area contributed by atoms with Gasteiger partial charge in [-0.1, -0.05) is 5.16 Å². The Morgan fingerprint density at radius 3 is 2.90 bits per heavy atom. The van der Waals surface area contributed by atoms with E-state index in [1.165, 1.54) is 18.2 Å². The van der Waals surface area contributed by atoms with Gasteiger partial charge < -0.3 is 20.6 Å². The van der Waals surface area contributed by atoms with Crippen LogP contribution in [0.5, 0.6) is 0 Å². The molecule has 0 unspecified atom stereocenters. The van der Waals surface area contributed by atoms with Gasteiger partial charge in [0.2, 0.25) is 0 Å². The summed E-state index contributed by atoms with van der Waals surface area (Å²) < 4.78 is 18.0. The molecule has 0 aromatic carbocycles. The average molecular weight is 284 g/mol. The molecule has 0 saturated heterocycles. The van der Waals surface area contributed by atoms with E-state index < -0.39 is 5.82 Å². The molecule has 1 amide bonds. The fraction of sp³-hybridized carbons (Fsp3) is 0.417. The van der Waals surface area contributed by atoms with Gasteiger partial charge in [-0.3, -0.25) is 9.78 Å². The van der Waals surface area contributed by atoms with Gasteiger partial charge in [0.25, 0.3) is 5.91 Å². The quantitative estimate of drug-likeness (QED) is 0.327. The van der Waals surface area contributed by atoms with Crippen molar-refractivity contribution >= 4 is 11.7 Å². The number of methoxy groups -OCH3 is 1. The summed E-state index contributed by atoms with van der Waals surface area (Å²) in [5, 5.41) is 11.3. The number of halogens is 1. The SMILES string of the molecule is COCCN(CC/C(N)=N/O)C(=O)c1cncc(F)c1. The monoisotopic (exact) mass is 284 g/mol. The van der Waals surface area contributed by atoms with E-state index in [2.05, 4.69) is 10.1 Å². The molecule has 3 N–H and O–H groups in total. The van der Waals surface area contributed by atoms with Gasteiger partial charge in [-0.05, 0) is 6.07 Å². The molecule has 0 aliphatic rings. The number of ether oxygens (including phenoxy) is 1. The minimum Gasteiger partial charge on any atom is -0.409 e. The molecule has 0 spiro atoms. The third-order valence-corrected chi connectivity index (χ3v) is 2.57. The Morgan fingerprint density at radius 2 is 2.30 bits per heavy atom. The van der Waals surface area contributed by atoms with E-state index in [0.29, 0.717) is 13.2 Å². The number of carbonyl (C=O) groups excluding carboxylic acids is 1. The van der Waals surface area contributed by atoms with E-state index in [4.69, 9.17) is 15.7 Å². The summed E-state index contributed by atoms with van der Waals surface area (Å²) in [6.45, 7) is 0.865. The average Bonchev–Trinajstić information content (AvgIpc) is 2.46. The molecule has 7 nitrogen and oxygen atoms in total. The first-order valence-corrected chi connectivity index (χ1v) is 5.93. The third kappa shape index (κ3) is 4.81. The summed E-state index contributed by atoms with van der Waals surface area (Å²) in [6.07, 6.45) is 2.51. The van der Waals surface area contributed by atoms with Crippen molar-refractivity contribution in [3.05, 3.63) is 29.8 Å². The minimum absolute atomic E-state index is 0.0117. The van der Waals surface area contributed by atoms with Crippen LogP contribution in [0.4, 0.5) is 4.39 Å². The van der Waals surface area contributed by atoms with E-state index in [1.54, 1.807) is 0 Å². The van der Waals surface area contributed by atoms with Crippen molar-refractivity contribution in [2.24, 2.45) is 10.9 Å². The zero-order valence-electron chi connectivity index (χ0n) is 11.1. The molecular formula is C12H17FN4O3. The van der Waals surface area contributed by atoms with Crippen molar-refractivity contribution in [1.82, 2.24) is 9.88 Å². The Balaban J connectivity index is 2.78. The highest BCUT2D eigenvalue weighted by atomic mass is 19.1. The number of hydrogen-bond donors (Lipinski definition) is 2. The van der Waals surface area contributed by atoms with Crippen LogP contribution >= 0.6 is 0 Å². The van der Waals surface area contributed by atoms with Gasteiger partial charge in [-0.25, -0.2) is 4.39 Å². The van der Waals surface area contributed by atoms with Gasteiger partial charge in [0.05, 0.1) is 18.4 Å². The Hall–Kier alpha value is -2.22. The molecule has 0 saturated carbocycles. The van der Waals surface area contributed by atoms with Crippen molar-refractivity contribution in [3.63, 3.8) is 0 Å². The van der Waals surface area contributed by atoms with Gasteiger partial charge >= 0.3 is 0 Å². The van der Waals surface area contributed by atoms with E-state index in [-0.39, 0.29) is 30.3 Å². The van der Waals surface area contributed by atoms with Crippen LogP contribution in [0.25, 0.3) is 0 Å². The zero-order chi connectivity index (χ0) is 15.0. The van der Waals surface area contributed by atoms with Crippen molar-refractivity contribution < 1.29 is 19.1 Å². The van der Waals surface area contributed by atoms with Crippen molar-refractivity contribution in [2.45, 2.75) is 6.42 Å². The number of aromatic nitrogens is 1. The van der Waals surface area contributed by atoms with Crippen LogP contribution in [0.15, 0.2) is 23.6 Å². The number of pyridine rings is 1. The molecule has 1 aromatic heterocycles. The number of oxime groups is 1. The van der Waals surface area contributed by atoms with E-state index in [0.717, 1.165) is 12.3 Å². The lowest BCUT2D eigenvalue weighted by molar-refractivity contribution is 0.0699. The number of carbonyl (C=O) groups is 1. The van der Waals surface area contributed by atoms with Crippen LogP contribution in [0.3, 0.4) is 0 Å². The second-order valence-corrected chi connectivity index (χ2v) is 4.02. The molecule has 20 heavy (non-hydrogen) atoms. The summed E-state index contributed by atoms with van der Waals surface area (Å²) in [7, 11) is 1.51. The Bertz CT molecular complexity index is 482. The molecule has 8 heteroatoms. The number of amides is 1. The molecule has 0 radical (unpaired) electrons. The Morgan fingerprint density at radius 1 is 1.55 bits per heavy atom. The van der Waals surface area contributed by atoms with Crippen LogP contribution in [0.1, 0.15) is 16.8 Å². The smallest absolute Gasteiger partial charge is 0.255 e. The number of amidine groups is 1. The fourth-order valence-corrected chi connectivity index (χ4v) is 1.53. The lowest BCUT2D eigenvalue weighted by Gasteiger charge is -2.22. The highest BCUT2D eigenvalue weighted by molar-refractivity contribution is 5.94. The molecule has 0 fully saturated rings. The van der Waals surface area contributed by atoms with Gasteiger partial charge in [0, 0.05) is 32.8 Å². The molecule has 1 heterocycles. The highest BCUT2D eigenvalue weighted by Crippen LogP contribution is 2.06. The number of rotatable bonds is 7.